The lowest BCUT2D eigenvalue weighted by Crippen LogP contribution is -2.47. The van der Waals surface area contributed by atoms with E-state index in [1.165, 1.54) is 18.3 Å². The minimum atomic E-state index is -4.11. The highest BCUT2D eigenvalue weighted by molar-refractivity contribution is 7.58. The van der Waals surface area contributed by atoms with Crippen LogP contribution in [0.5, 0.6) is 0 Å². The second-order valence-electron chi connectivity index (χ2n) is 10.0. The number of benzene rings is 3. The molecular formula is C32H33N2O7PS. The summed E-state index contributed by atoms with van der Waals surface area (Å²) in [6.45, 7) is 1.39. The van der Waals surface area contributed by atoms with Gasteiger partial charge in [-0.3, -0.25) is 14.3 Å². The van der Waals surface area contributed by atoms with Crippen LogP contribution in [0.25, 0.3) is 11.1 Å². The van der Waals surface area contributed by atoms with Gasteiger partial charge in [0.15, 0.2) is 0 Å². The zero-order valence-corrected chi connectivity index (χ0v) is 25.2. The SMILES string of the molecule is C[C@@H](C(=O)O)N(C(=O)C(Cc1cccs1)CP(=O)(O)CNC(=O)OCc1ccccc1)c1ccc(-c2ccccc2)cc1. The molecule has 4 rings (SSSR count). The molecule has 0 saturated carbocycles. The van der Waals surface area contributed by atoms with Crippen LogP contribution in [0.15, 0.2) is 102 Å². The summed E-state index contributed by atoms with van der Waals surface area (Å²) in [6.07, 6.45) is -1.80. The number of thiophene rings is 1. The average molecular weight is 621 g/mol. The fraction of sp³-hybridized carbons (Fsp3) is 0.219. The highest BCUT2D eigenvalue weighted by Gasteiger charge is 2.36. The Labute approximate surface area is 254 Å². The van der Waals surface area contributed by atoms with Crippen molar-refractivity contribution in [1.29, 1.82) is 0 Å². The Balaban J connectivity index is 1.52. The summed E-state index contributed by atoms with van der Waals surface area (Å²) in [5.41, 5.74) is 2.96. The molecule has 4 aromatic rings. The van der Waals surface area contributed by atoms with Crippen molar-refractivity contribution in [2.24, 2.45) is 5.92 Å². The molecule has 1 aromatic heterocycles. The van der Waals surface area contributed by atoms with Gasteiger partial charge in [-0.2, -0.15) is 0 Å². The van der Waals surface area contributed by atoms with Gasteiger partial charge in [0.1, 0.15) is 12.6 Å². The number of aliphatic carboxylic acids is 1. The highest BCUT2D eigenvalue weighted by atomic mass is 32.1. The molecule has 3 N–H and O–H groups in total. The van der Waals surface area contributed by atoms with E-state index in [-0.39, 0.29) is 13.0 Å². The molecule has 2 amide bonds. The van der Waals surface area contributed by atoms with Crippen molar-refractivity contribution in [3.8, 4) is 11.1 Å². The Morgan fingerprint density at radius 2 is 1.53 bits per heavy atom. The predicted molar refractivity (Wildman–Crippen MR) is 167 cm³/mol. The molecule has 0 fully saturated rings. The third-order valence-corrected chi connectivity index (χ3v) is 9.36. The van der Waals surface area contributed by atoms with Crippen LogP contribution in [0.4, 0.5) is 10.5 Å². The van der Waals surface area contributed by atoms with Gasteiger partial charge < -0.3 is 20.1 Å². The largest absolute Gasteiger partial charge is 0.480 e. The molecule has 0 aliphatic rings. The maximum Gasteiger partial charge on any atom is 0.407 e. The number of alkyl carbamates (subject to hydrolysis) is 1. The Morgan fingerprint density at radius 1 is 0.907 bits per heavy atom. The van der Waals surface area contributed by atoms with Gasteiger partial charge in [0, 0.05) is 16.7 Å². The maximum absolute atomic E-state index is 14.1. The van der Waals surface area contributed by atoms with E-state index in [0.717, 1.165) is 26.5 Å². The van der Waals surface area contributed by atoms with E-state index in [9.17, 15) is 28.9 Å². The molecule has 224 valence electrons. The number of nitrogens with zero attached hydrogens (tertiary/aromatic N) is 1. The zero-order valence-electron chi connectivity index (χ0n) is 23.5. The van der Waals surface area contributed by atoms with Crippen molar-refractivity contribution in [1.82, 2.24) is 5.32 Å². The summed E-state index contributed by atoms with van der Waals surface area (Å²) in [5.74, 6) is -2.85. The molecule has 11 heteroatoms. The summed E-state index contributed by atoms with van der Waals surface area (Å²) in [7, 11) is -4.11. The maximum atomic E-state index is 14.1. The molecule has 3 atom stereocenters. The summed E-state index contributed by atoms with van der Waals surface area (Å²) in [6, 6.07) is 27.9. The van der Waals surface area contributed by atoms with Gasteiger partial charge in [0.05, 0.1) is 12.2 Å². The van der Waals surface area contributed by atoms with Crippen LogP contribution in [-0.4, -0.2) is 46.5 Å². The molecule has 43 heavy (non-hydrogen) atoms. The number of anilines is 1. The molecule has 3 aromatic carbocycles. The van der Waals surface area contributed by atoms with Crippen molar-refractivity contribution in [2.45, 2.75) is 26.0 Å². The molecule has 0 bridgehead atoms. The fourth-order valence-corrected chi connectivity index (χ4v) is 6.83. The number of carbonyl (C=O) groups excluding carboxylic acids is 2. The monoisotopic (exact) mass is 620 g/mol. The fourth-order valence-electron chi connectivity index (χ4n) is 4.57. The van der Waals surface area contributed by atoms with Crippen LogP contribution in [0.3, 0.4) is 0 Å². The molecule has 9 nitrogen and oxygen atoms in total. The van der Waals surface area contributed by atoms with E-state index >= 15 is 0 Å². The summed E-state index contributed by atoms with van der Waals surface area (Å²) < 4.78 is 18.4. The van der Waals surface area contributed by atoms with E-state index in [4.69, 9.17) is 4.74 Å². The van der Waals surface area contributed by atoms with Gasteiger partial charge in [0.2, 0.25) is 13.3 Å². The number of ether oxygens (including phenoxy) is 1. The topological polar surface area (TPSA) is 133 Å². The number of carbonyl (C=O) groups is 3. The van der Waals surface area contributed by atoms with E-state index in [2.05, 4.69) is 5.32 Å². The minimum absolute atomic E-state index is 0.00695. The first-order valence-corrected chi connectivity index (χ1v) is 16.5. The van der Waals surface area contributed by atoms with Gasteiger partial charge in [-0.15, -0.1) is 11.3 Å². The summed E-state index contributed by atoms with van der Waals surface area (Å²) in [5, 5.41) is 14.0. The lowest BCUT2D eigenvalue weighted by molar-refractivity contribution is -0.140. The predicted octanol–water partition coefficient (Wildman–Crippen LogP) is 6.23. The Kier molecular flexibility index (Phi) is 10.9. The lowest BCUT2D eigenvalue weighted by Gasteiger charge is -2.31. The van der Waals surface area contributed by atoms with Crippen LogP contribution in [-0.2, 0) is 31.9 Å². The summed E-state index contributed by atoms with van der Waals surface area (Å²) in [4.78, 5) is 51.2. The van der Waals surface area contributed by atoms with Crippen molar-refractivity contribution in [2.75, 3.05) is 17.3 Å². The molecule has 2 unspecified atom stereocenters. The van der Waals surface area contributed by atoms with Crippen molar-refractivity contribution in [3.05, 3.63) is 113 Å². The van der Waals surface area contributed by atoms with Crippen LogP contribution < -0.4 is 10.2 Å². The molecular weight excluding hydrogens is 587 g/mol. The molecule has 0 spiro atoms. The second kappa shape index (κ2) is 14.8. The number of rotatable bonds is 13. The van der Waals surface area contributed by atoms with Gasteiger partial charge in [0.25, 0.3) is 0 Å². The molecule has 0 aliphatic carbocycles. The molecule has 0 aliphatic heterocycles. The highest BCUT2D eigenvalue weighted by Crippen LogP contribution is 2.43. The smallest absolute Gasteiger partial charge is 0.407 e. The quantitative estimate of drug-likeness (QED) is 0.151. The van der Waals surface area contributed by atoms with Crippen LogP contribution in [0.1, 0.15) is 17.4 Å². The number of carboxylic acid groups (broad SMARTS) is 1. The van der Waals surface area contributed by atoms with Gasteiger partial charge >= 0.3 is 12.1 Å². The normalized spacial score (nSPS) is 13.7. The first-order chi connectivity index (χ1) is 20.6. The molecule has 0 saturated heterocycles. The van der Waals surface area contributed by atoms with E-state index in [1.54, 1.807) is 48.5 Å². The third kappa shape index (κ3) is 9.12. The zero-order chi connectivity index (χ0) is 30.8. The van der Waals surface area contributed by atoms with E-state index < -0.39 is 49.7 Å². The van der Waals surface area contributed by atoms with Gasteiger partial charge in [-0.25, -0.2) is 9.59 Å². The standard InChI is InChI=1S/C32H33N2O7PS/c1-23(31(36)37)34(28-16-14-26(15-17-28)25-11-6-3-7-12-25)30(35)27(19-29-13-8-18-43-29)21-42(39,40)22-33-32(38)41-20-24-9-4-2-5-10-24/h2-18,23,27H,19-22H2,1H3,(H,33,38)(H,36,37)(H,39,40)/t23-,27?/m0/s1. The van der Waals surface area contributed by atoms with Crippen molar-refractivity contribution in [3.63, 3.8) is 0 Å². The van der Waals surface area contributed by atoms with Crippen LogP contribution >= 0.6 is 18.7 Å². The summed E-state index contributed by atoms with van der Waals surface area (Å²) >= 11 is 1.39. The van der Waals surface area contributed by atoms with Crippen molar-refractivity contribution >= 4 is 42.4 Å². The molecule has 1 heterocycles. The number of hydrogen-bond donors (Lipinski definition) is 3. The Hall–Kier alpha value is -4.24. The first kappa shape index (κ1) is 31.7. The van der Waals surface area contributed by atoms with E-state index in [1.807, 2.05) is 53.9 Å². The van der Waals surface area contributed by atoms with Crippen molar-refractivity contribution < 1.29 is 33.7 Å². The van der Waals surface area contributed by atoms with Gasteiger partial charge in [-0.05, 0) is 53.6 Å². The number of amides is 2. The van der Waals surface area contributed by atoms with Crippen LogP contribution in [0, 0.1) is 5.92 Å². The van der Waals surface area contributed by atoms with Gasteiger partial charge in [-0.1, -0.05) is 78.9 Å². The number of nitrogens with one attached hydrogen (secondary N) is 1. The Bertz CT molecular complexity index is 1550. The third-order valence-electron chi connectivity index (χ3n) is 6.80. The lowest BCUT2D eigenvalue weighted by atomic mass is 10.0. The first-order valence-electron chi connectivity index (χ1n) is 13.6. The minimum Gasteiger partial charge on any atom is -0.480 e. The van der Waals surface area contributed by atoms with Crippen LogP contribution in [0.2, 0.25) is 0 Å². The second-order valence-corrected chi connectivity index (χ2v) is 13.4. The van der Waals surface area contributed by atoms with E-state index in [0.29, 0.717) is 5.69 Å². The average Bonchev–Trinajstić information content (AvgIpc) is 3.53. The molecule has 0 radical (unpaired) electrons. The number of carboxylic acids is 1. The Morgan fingerprint density at radius 3 is 2.14 bits per heavy atom. The number of hydrogen-bond acceptors (Lipinski definition) is 6.